The Labute approximate surface area is 104 Å². The Morgan fingerprint density at radius 3 is 2.53 bits per heavy atom. The van der Waals surface area contributed by atoms with E-state index in [1.807, 2.05) is 6.07 Å². The summed E-state index contributed by atoms with van der Waals surface area (Å²) in [6.45, 7) is 5.28. The average Bonchev–Trinajstić information content (AvgIpc) is 2.31. The quantitative estimate of drug-likeness (QED) is 0.777. The second-order valence-electron chi connectivity index (χ2n) is 5.97. The van der Waals surface area contributed by atoms with Crippen LogP contribution in [0.2, 0.25) is 0 Å². The number of hydrogen-bond acceptors (Lipinski definition) is 2. The van der Waals surface area contributed by atoms with Crippen molar-refractivity contribution in [1.29, 1.82) is 0 Å². The molecule has 0 heterocycles. The Kier molecular flexibility index (Phi) is 3.85. The molecule has 0 atom stereocenters. The number of benzene rings is 1. The van der Waals surface area contributed by atoms with Crippen LogP contribution >= 0.6 is 0 Å². The largest absolute Gasteiger partial charge is 0.316 e. The van der Waals surface area contributed by atoms with Gasteiger partial charge in [0.05, 0.1) is 0 Å². The summed E-state index contributed by atoms with van der Waals surface area (Å²) in [7, 11) is 0. The highest BCUT2D eigenvalue weighted by molar-refractivity contribution is 5.30. The summed E-state index contributed by atoms with van der Waals surface area (Å²) in [4.78, 5) is 0. The van der Waals surface area contributed by atoms with E-state index in [0.29, 0.717) is 17.9 Å². The van der Waals surface area contributed by atoms with Crippen LogP contribution in [0, 0.1) is 5.41 Å². The van der Waals surface area contributed by atoms with Crippen LogP contribution in [0.3, 0.4) is 0 Å². The predicted molar refractivity (Wildman–Crippen MR) is 70.1 cm³/mol. The van der Waals surface area contributed by atoms with E-state index in [1.54, 1.807) is 0 Å². The van der Waals surface area contributed by atoms with Crippen LogP contribution in [0.15, 0.2) is 24.3 Å². The minimum absolute atomic E-state index is 0.515. The van der Waals surface area contributed by atoms with Crippen molar-refractivity contribution >= 4 is 0 Å². The summed E-state index contributed by atoms with van der Waals surface area (Å²) in [5.74, 6) is 0.674. The molecule has 2 nitrogen and oxygen atoms in total. The number of hydroxylamine groups is 1. The summed E-state index contributed by atoms with van der Waals surface area (Å²) in [6.07, 6.45) is 5.15. The maximum absolute atomic E-state index is 8.88. The predicted octanol–water partition coefficient (Wildman–Crippen LogP) is 3.85. The molecule has 0 amide bonds. The van der Waals surface area contributed by atoms with Gasteiger partial charge in [-0.25, -0.2) is 5.48 Å². The maximum Gasteiger partial charge on any atom is 0.0460 e. The molecule has 1 aliphatic rings. The van der Waals surface area contributed by atoms with Gasteiger partial charge in [-0.3, -0.25) is 0 Å². The fourth-order valence-electron chi connectivity index (χ4n) is 2.89. The van der Waals surface area contributed by atoms with Crippen LogP contribution in [-0.2, 0) is 6.54 Å². The summed E-state index contributed by atoms with van der Waals surface area (Å²) in [6, 6.07) is 8.48. The van der Waals surface area contributed by atoms with Gasteiger partial charge in [-0.1, -0.05) is 38.1 Å². The first-order valence-corrected chi connectivity index (χ1v) is 6.57. The minimum atomic E-state index is 0.515. The monoisotopic (exact) mass is 233 g/mol. The van der Waals surface area contributed by atoms with E-state index in [0.717, 1.165) is 0 Å². The third-order valence-corrected chi connectivity index (χ3v) is 4.10. The molecule has 94 valence electrons. The molecule has 17 heavy (non-hydrogen) atoms. The number of hydrogen-bond donors (Lipinski definition) is 2. The van der Waals surface area contributed by atoms with Gasteiger partial charge in [-0.05, 0) is 48.1 Å². The lowest BCUT2D eigenvalue weighted by Gasteiger charge is -2.35. The molecule has 2 N–H and O–H groups in total. The maximum atomic E-state index is 8.88. The summed E-state index contributed by atoms with van der Waals surface area (Å²) in [5, 5.41) is 8.88. The molecule has 0 saturated heterocycles. The lowest BCUT2D eigenvalue weighted by atomic mass is 9.70. The van der Waals surface area contributed by atoms with E-state index in [1.165, 1.54) is 36.8 Å². The Morgan fingerprint density at radius 2 is 1.88 bits per heavy atom. The molecule has 1 fully saturated rings. The van der Waals surface area contributed by atoms with Gasteiger partial charge in [-0.2, -0.15) is 0 Å². The fourth-order valence-corrected chi connectivity index (χ4v) is 2.89. The van der Waals surface area contributed by atoms with Crippen molar-refractivity contribution in [2.24, 2.45) is 5.41 Å². The topological polar surface area (TPSA) is 32.3 Å². The van der Waals surface area contributed by atoms with Crippen molar-refractivity contribution in [3.05, 3.63) is 35.4 Å². The SMILES string of the molecule is CC1(C)CCC(c2ccccc2CNO)CC1. The molecule has 1 aliphatic carbocycles. The van der Waals surface area contributed by atoms with E-state index in [2.05, 4.69) is 37.5 Å². The van der Waals surface area contributed by atoms with Gasteiger partial charge in [0.1, 0.15) is 0 Å². The van der Waals surface area contributed by atoms with Gasteiger partial charge in [0.25, 0.3) is 0 Å². The van der Waals surface area contributed by atoms with Crippen molar-refractivity contribution in [3.63, 3.8) is 0 Å². The molecule has 0 aliphatic heterocycles. The molecule has 2 heteroatoms. The second-order valence-corrected chi connectivity index (χ2v) is 5.97. The third-order valence-electron chi connectivity index (χ3n) is 4.10. The molecule has 0 spiro atoms. The van der Waals surface area contributed by atoms with Crippen LogP contribution in [0.4, 0.5) is 0 Å². The summed E-state index contributed by atoms with van der Waals surface area (Å²) in [5.41, 5.74) is 5.45. The van der Waals surface area contributed by atoms with E-state index in [9.17, 15) is 0 Å². The number of nitrogens with one attached hydrogen (secondary N) is 1. The summed E-state index contributed by atoms with van der Waals surface area (Å²) >= 11 is 0. The highest BCUT2D eigenvalue weighted by atomic mass is 16.5. The lowest BCUT2D eigenvalue weighted by Crippen LogP contribution is -2.21. The first kappa shape index (κ1) is 12.6. The zero-order valence-electron chi connectivity index (χ0n) is 10.9. The Balaban J connectivity index is 2.12. The fraction of sp³-hybridized carbons (Fsp3) is 0.600. The highest BCUT2D eigenvalue weighted by Crippen LogP contribution is 2.43. The van der Waals surface area contributed by atoms with Crippen molar-refractivity contribution in [2.45, 2.75) is 52.0 Å². The van der Waals surface area contributed by atoms with Gasteiger partial charge >= 0.3 is 0 Å². The van der Waals surface area contributed by atoms with Gasteiger partial charge in [0, 0.05) is 6.54 Å². The van der Waals surface area contributed by atoms with E-state index < -0.39 is 0 Å². The molecule has 0 radical (unpaired) electrons. The molecule has 0 aromatic heterocycles. The van der Waals surface area contributed by atoms with Crippen molar-refractivity contribution < 1.29 is 5.21 Å². The Morgan fingerprint density at radius 1 is 1.24 bits per heavy atom. The first-order valence-electron chi connectivity index (χ1n) is 6.57. The molecule has 0 unspecified atom stereocenters. The smallest absolute Gasteiger partial charge is 0.0460 e. The van der Waals surface area contributed by atoms with Crippen LogP contribution in [0.1, 0.15) is 56.6 Å². The number of rotatable bonds is 3. The Bertz CT molecular complexity index is 363. The third kappa shape index (κ3) is 3.08. The van der Waals surface area contributed by atoms with E-state index >= 15 is 0 Å². The normalized spacial score (nSPS) is 20.4. The molecular weight excluding hydrogens is 210 g/mol. The van der Waals surface area contributed by atoms with Gasteiger partial charge in [-0.15, -0.1) is 0 Å². The molecule has 1 aromatic rings. The van der Waals surface area contributed by atoms with Gasteiger partial charge in [0.2, 0.25) is 0 Å². The van der Waals surface area contributed by atoms with Gasteiger partial charge in [0.15, 0.2) is 0 Å². The molecule has 1 saturated carbocycles. The van der Waals surface area contributed by atoms with Crippen LogP contribution in [-0.4, -0.2) is 5.21 Å². The minimum Gasteiger partial charge on any atom is -0.316 e. The van der Waals surface area contributed by atoms with Crippen molar-refractivity contribution in [1.82, 2.24) is 5.48 Å². The molecule has 2 rings (SSSR count). The highest BCUT2D eigenvalue weighted by Gasteiger charge is 2.28. The zero-order chi connectivity index (χ0) is 12.3. The van der Waals surface area contributed by atoms with Gasteiger partial charge < -0.3 is 5.21 Å². The molecule has 1 aromatic carbocycles. The van der Waals surface area contributed by atoms with E-state index in [4.69, 9.17) is 5.21 Å². The van der Waals surface area contributed by atoms with Crippen molar-refractivity contribution in [2.75, 3.05) is 0 Å². The summed E-state index contributed by atoms with van der Waals surface area (Å²) < 4.78 is 0. The van der Waals surface area contributed by atoms with Crippen LogP contribution in [0.5, 0.6) is 0 Å². The standard InChI is InChI=1S/C15H23NO/c1-15(2)9-7-12(8-10-15)14-6-4-3-5-13(14)11-16-17/h3-6,12,16-17H,7-11H2,1-2H3. The zero-order valence-corrected chi connectivity index (χ0v) is 10.9. The average molecular weight is 233 g/mol. The first-order chi connectivity index (χ1) is 8.12. The second kappa shape index (κ2) is 5.19. The van der Waals surface area contributed by atoms with Crippen molar-refractivity contribution in [3.8, 4) is 0 Å². The van der Waals surface area contributed by atoms with Crippen LogP contribution < -0.4 is 5.48 Å². The molecule has 0 bridgehead atoms. The molecular formula is C15H23NO. The Hall–Kier alpha value is -0.860. The van der Waals surface area contributed by atoms with E-state index in [-0.39, 0.29) is 0 Å². The van der Waals surface area contributed by atoms with Crippen LogP contribution in [0.25, 0.3) is 0 Å². The lowest BCUT2D eigenvalue weighted by molar-refractivity contribution is 0.160.